The molecule has 140 valence electrons. The highest BCUT2D eigenvalue weighted by Gasteiger charge is 2.35. The first-order chi connectivity index (χ1) is 12.8. The smallest absolute Gasteiger partial charge is 0.451 e. The zero-order valence-electron chi connectivity index (χ0n) is 14.6. The van der Waals surface area contributed by atoms with Gasteiger partial charge in [0.1, 0.15) is 5.82 Å². The van der Waals surface area contributed by atoms with Crippen molar-refractivity contribution < 1.29 is 22.6 Å². The van der Waals surface area contributed by atoms with Gasteiger partial charge in [-0.1, -0.05) is 12.1 Å². The largest absolute Gasteiger partial charge is 0.454 e. The average molecular weight is 375 g/mol. The van der Waals surface area contributed by atoms with Crippen LogP contribution in [0.1, 0.15) is 22.5 Å². The molecular weight excluding hydrogens is 359 g/mol. The number of alkyl halides is 3. The van der Waals surface area contributed by atoms with Gasteiger partial charge in [0.2, 0.25) is 12.6 Å². The van der Waals surface area contributed by atoms with E-state index < -0.39 is 12.0 Å². The van der Waals surface area contributed by atoms with E-state index in [9.17, 15) is 13.2 Å². The summed E-state index contributed by atoms with van der Waals surface area (Å²) in [5.74, 6) is 0.258. The van der Waals surface area contributed by atoms with Gasteiger partial charge in [0.15, 0.2) is 11.5 Å². The third-order valence-electron chi connectivity index (χ3n) is 4.29. The predicted octanol–water partition coefficient (Wildman–Crippen LogP) is 4.61. The van der Waals surface area contributed by atoms with E-state index in [4.69, 9.17) is 9.47 Å². The lowest BCUT2D eigenvalue weighted by atomic mass is 10.1. The van der Waals surface area contributed by atoms with E-state index in [-0.39, 0.29) is 24.7 Å². The van der Waals surface area contributed by atoms with Crippen LogP contribution in [0.2, 0.25) is 0 Å². The maximum atomic E-state index is 13.2. The van der Waals surface area contributed by atoms with Gasteiger partial charge >= 0.3 is 6.18 Å². The lowest BCUT2D eigenvalue weighted by Gasteiger charge is -2.14. The van der Waals surface area contributed by atoms with E-state index in [1.807, 2.05) is 13.0 Å². The molecule has 27 heavy (non-hydrogen) atoms. The highest BCUT2D eigenvalue weighted by atomic mass is 19.4. The van der Waals surface area contributed by atoms with Crippen molar-refractivity contribution in [1.82, 2.24) is 9.97 Å². The number of nitrogens with zero attached hydrogens (tertiary/aromatic N) is 2. The van der Waals surface area contributed by atoms with E-state index in [1.54, 1.807) is 31.2 Å². The Labute approximate surface area is 153 Å². The maximum Gasteiger partial charge on any atom is 0.451 e. The van der Waals surface area contributed by atoms with Crippen LogP contribution in [0, 0.1) is 13.8 Å². The van der Waals surface area contributed by atoms with Gasteiger partial charge < -0.3 is 14.8 Å². The number of hydrogen-bond acceptors (Lipinski definition) is 5. The molecule has 1 aromatic heterocycles. The van der Waals surface area contributed by atoms with E-state index in [1.165, 1.54) is 0 Å². The first-order valence-electron chi connectivity index (χ1n) is 8.30. The van der Waals surface area contributed by atoms with Gasteiger partial charge in [0.05, 0.1) is 5.52 Å². The summed E-state index contributed by atoms with van der Waals surface area (Å²) >= 11 is 0. The second-order valence-corrected chi connectivity index (χ2v) is 6.41. The van der Waals surface area contributed by atoms with Crippen LogP contribution in [0.5, 0.6) is 11.5 Å². The number of anilines is 1. The third-order valence-corrected chi connectivity index (χ3v) is 4.29. The van der Waals surface area contributed by atoms with Gasteiger partial charge in [-0.3, -0.25) is 0 Å². The standard InChI is InChI=1S/C19H16F3N3O2/c1-10-5-11(2)16-13(6-10)17(25-18(24-16)19(20,21)22)23-8-12-3-4-14-15(7-12)27-9-26-14/h3-7H,8-9H2,1-2H3,(H,23,24,25). The molecule has 0 spiro atoms. The number of fused-ring (bicyclic) bond motifs is 2. The Hall–Kier alpha value is -3.03. The van der Waals surface area contributed by atoms with Gasteiger partial charge in [-0.2, -0.15) is 13.2 Å². The summed E-state index contributed by atoms with van der Waals surface area (Å²) in [4.78, 5) is 7.48. The summed E-state index contributed by atoms with van der Waals surface area (Å²) in [7, 11) is 0. The minimum Gasteiger partial charge on any atom is -0.454 e. The van der Waals surface area contributed by atoms with Crippen LogP contribution in [-0.4, -0.2) is 16.8 Å². The molecular formula is C19H16F3N3O2. The molecule has 0 atom stereocenters. The van der Waals surface area contributed by atoms with Gasteiger partial charge in [-0.25, -0.2) is 9.97 Å². The molecule has 0 bridgehead atoms. The van der Waals surface area contributed by atoms with Crippen LogP contribution < -0.4 is 14.8 Å². The third kappa shape index (κ3) is 3.34. The fourth-order valence-electron chi connectivity index (χ4n) is 3.08. The number of benzene rings is 2. The zero-order valence-corrected chi connectivity index (χ0v) is 14.6. The fourth-order valence-corrected chi connectivity index (χ4v) is 3.08. The number of hydrogen-bond donors (Lipinski definition) is 1. The molecule has 0 aliphatic carbocycles. The quantitative estimate of drug-likeness (QED) is 0.725. The van der Waals surface area contributed by atoms with Gasteiger partial charge in [-0.05, 0) is 48.7 Å². The Kier molecular flexibility index (Phi) is 4.05. The molecule has 0 unspecified atom stereocenters. The van der Waals surface area contributed by atoms with Crippen molar-refractivity contribution >= 4 is 16.7 Å². The number of aryl methyl sites for hydroxylation is 2. The minimum atomic E-state index is -4.62. The molecule has 1 aliphatic rings. The summed E-state index contributed by atoms with van der Waals surface area (Å²) in [6.07, 6.45) is -4.62. The number of halogens is 3. The van der Waals surface area contributed by atoms with Crippen molar-refractivity contribution in [2.24, 2.45) is 0 Å². The molecule has 2 aromatic carbocycles. The van der Waals surface area contributed by atoms with Crippen LogP contribution >= 0.6 is 0 Å². The molecule has 0 radical (unpaired) electrons. The Bertz CT molecular complexity index is 1030. The van der Waals surface area contributed by atoms with Crippen molar-refractivity contribution in [1.29, 1.82) is 0 Å². The van der Waals surface area contributed by atoms with Gasteiger partial charge in [-0.15, -0.1) is 0 Å². The Balaban J connectivity index is 1.73. The summed E-state index contributed by atoms with van der Waals surface area (Å²) in [5.41, 5.74) is 2.72. The molecule has 1 N–H and O–H groups in total. The van der Waals surface area contributed by atoms with Crippen molar-refractivity contribution in [3.05, 3.63) is 52.8 Å². The normalized spacial score (nSPS) is 13.2. The average Bonchev–Trinajstić information content (AvgIpc) is 3.06. The molecule has 0 saturated heterocycles. The monoisotopic (exact) mass is 375 g/mol. The Morgan fingerprint density at radius 3 is 2.59 bits per heavy atom. The first-order valence-corrected chi connectivity index (χ1v) is 8.30. The number of rotatable bonds is 3. The van der Waals surface area contributed by atoms with Crippen molar-refractivity contribution in [2.75, 3.05) is 12.1 Å². The number of ether oxygens (including phenoxy) is 2. The summed E-state index contributed by atoms with van der Waals surface area (Å²) in [6.45, 7) is 4.07. The minimum absolute atomic E-state index is 0.150. The molecule has 2 heterocycles. The predicted molar refractivity (Wildman–Crippen MR) is 93.9 cm³/mol. The molecule has 0 saturated carbocycles. The topological polar surface area (TPSA) is 56.3 Å². The zero-order chi connectivity index (χ0) is 19.2. The molecule has 4 rings (SSSR count). The van der Waals surface area contributed by atoms with Crippen molar-refractivity contribution in [2.45, 2.75) is 26.6 Å². The van der Waals surface area contributed by atoms with Crippen LogP contribution in [-0.2, 0) is 12.7 Å². The molecule has 0 amide bonds. The second kappa shape index (κ2) is 6.29. The number of nitrogens with one attached hydrogen (secondary N) is 1. The van der Waals surface area contributed by atoms with E-state index in [2.05, 4.69) is 15.3 Å². The van der Waals surface area contributed by atoms with Crippen molar-refractivity contribution in [3.8, 4) is 11.5 Å². The second-order valence-electron chi connectivity index (χ2n) is 6.41. The highest BCUT2D eigenvalue weighted by Crippen LogP contribution is 2.34. The van der Waals surface area contributed by atoms with Gasteiger partial charge in [0.25, 0.3) is 0 Å². The van der Waals surface area contributed by atoms with E-state index >= 15 is 0 Å². The van der Waals surface area contributed by atoms with E-state index in [0.717, 1.165) is 11.1 Å². The molecule has 8 heteroatoms. The van der Waals surface area contributed by atoms with Crippen molar-refractivity contribution in [3.63, 3.8) is 0 Å². The van der Waals surface area contributed by atoms with E-state index in [0.29, 0.717) is 22.4 Å². The summed E-state index contributed by atoms with van der Waals surface area (Å²) in [5, 5.41) is 3.57. The van der Waals surface area contributed by atoms with Gasteiger partial charge in [0, 0.05) is 11.9 Å². The molecule has 3 aromatic rings. The summed E-state index contributed by atoms with van der Waals surface area (Å²) < 4.78 is 50.3. The first kappa shape index (κ1) is 17.4. The molecule has 1 aliphatic heterocycles. The van der Waals surface area contributed by atoms with Crippen LogP contribution in [0.3, 0.4) is 0 Å². The lowest BCUT2D eigenvalue weighted by molar-refractivity contribution is -0.144. The fraction of sp³-hybridized carbons (Fsp3) is 0.263. The SMILES string of the molecule is Cc1cc(C)c2nc(C(F)(F)F)nc(NCc3ccc4c(c3)OCO4)c2c1. The van der Waals surface area contributed by atoms with Crippen LogP contribution in [0.15, 0.2) is 30.3 Å². The Morgan fingerprint density at radius 1 is 1.04 bits per heavy atom. The summed E-state index contributed by atoms with van der Waals surface area (Å²) in [6, 6.07) is 8.97. The van der Waals surface area contributed by atoms with Crippen LogP contribution in [0.25, 0.3) is 10.9 Å². The molecule has 5 nitrogen and oxygen atoms in total. The highest BCUT2D eigenvalue weighted by molar-refractivity contribution is 5.91. The number of aromatic nitrogens is 2. The Morgan fingerprint density at radius 2 is 1.81 bits per heavy atom. The maximum absolute atomic E-state index is 13.2. The van der Waals surface area contributed by atoms with Crippen LogP contribution in [0.4, 0.5) is 19.0 Å². The lowest BCUT2D eigenvalue weighted by Crippen LogP contribution is -2.14. The molecule has 0 fully saturated rings.